The zero-order valence-electron chi connectivity index (χ0n) is 8.78. The van der Waals surface area contributed by atoms with Gasteiger partial charge in [-0.05, 0) is 11.6 Å². The molecule has 1 heterocycles. The number of halogens is 1. The van der Waals surface area contributed by atoms with Crippen LogP contribution in [0.25, 0.3) is 0 Å². The van der Waals surface area contributed by atoms with Crippen molar-refractivity contribution >= 4 is 5.97 Å². The lowest BCUT2D eigenvalue weighted by molar-refractivity contribution is 0.0693. The fourth-order valence-corrected chi connectivity index (χ4v) is 1.95. The number of alkyl halides is 1. The molecule has 0 aromatic heterocycles. The van der Waals surface area contributed by atoms with Crippen LogP contribution in [0.3, 0.4) is 0 Å². The molecule has 0 radical (unpaired) electrons. The van der Waals surface area contributed by atoms with Gasteiger partial charge in [0.15, 0.2) is 0 Å². The van der Waals surface area contributed by atoms with Gasteiger partial charge in [0.1, 0.15) is 5.67 Å². The Hall–Kier alpha value is -1.42. The number of carbonyl (C=O) groups is 1. The molecule has 1 aromatic carbocycles. The van der Waals surface area contributed by atoms with E-state index < -0.39 is 11.6 Å². The third-order valence-corrected chi connectivity index (χ3v) is 2.81. The van der Waals surface area contributed by atoms with Gasteiger partial charge in [-0.3, -0.25) is 0 Å². The number of carboxylic acids is 1. The van der Waals surface area contributed by atoms with Crippen LogP contribution in [0, 0.1) is 0 Å². The molecule has 0 spiro atoms. The maximum Gasteiger partial charge on any atom is 0.335 e. The summed E-state index contributed by atoms with van der Waals surface area (Å²) in [5.74, 6) is -1.02. The van der Waals surface area contributed by atoms with Crippen molar-refractivity contribution in [3.05, 3.63) is 35.4 Å². The lowest BCUT2D eigenvalue weighted by atomic mass is 9.92. The first-order valence-electron chi connectivity index (χ1n) is 5.19. The van der Waals surface area contributed by atoms with E-state index in [9.17, 15) is 9.18 Å². The first kappa shape index (κ1) is 11.1. The Bertz CT molecular complexity index is 397. The molecule has 2 rings (SSSR count). The van der Waals surface area contributed by atoms with Crippen LogP contribution in [0.2, 0.25) is 0 Å². The molecule has 0 aliphatic carbocycles. The number of hydrogen-bond donors (Lipinski definition) is 1. The molecule has 1 aliphatic rings. The molecule has 0 amide bonds. The minimum atomic E-state index is -1.41. The van der Waals surface area contributed by atoms with E-state index in [-0.39, 0.29) is 18.6 Å². The summed E-state index contributed by atoms with van der Waals surface area (Å²) in [6.45, 7) is 0.465. The minimum absolute atomic E-state index is 0.0565. The van der Waals surface area contributed by atoms with E-state index in [4.69, 9.17) is 9.84 Å². The summed E-state index contributed by atoms with van der Waals surface area (Å²) >= 11 is 0. The molecule has 1 fully saturated rings. The van der Waals surface area contributed by atoms with Crippen molar-refractivity contribution in [2.45, 2.75) is 18.5 Å². The van der Waals surface area contributed by atoms with Gasteiger partial charge in [-0.1, -0.05) is 18.2 Å². The smallest absolute Gasteiger partial charge is 0.335 e. The second-order valence-corrected chi connectivity index (χ2v) is 4.09. The van der Waals surface area contributed by atoms with Crippen LogP contribution in [-0.4, -0.2) is 30.0 Å². The summed E-state index contributed by atoms with van der Waals surface area (Å²) in [5.41, 5.74) is -0.708. The molecule has 16 heavy (non-hydrogen) atoms. The van der Waals surface area contributed by atoms with Gasteiger partial charge in [0.25, 0.3) is 0 Å². The SMILES string of the molecule is O=C(O)c1ccccc1CC1(F)CCOC1. The molecule has 1 atom stereocenters. The number of carboxylic acid groups (broad SMARTS) is 1. The average molecular weight is 224 g/mol. The van der Waals surface area contributed by atoms with E-state index in [0.717, 1.165) is 0 Å². The minimum Gasteiger partial charge on any atom is -0.478 e. The first-order chi connectivity index (χ1) is 7.61. The Balaban J connectivity index is 2.23. The number of rotatable bonds is 3. The lowest BCUT2D eigenvalue weighted by Crippen LogP contribution is -2.27. The molecule has 0 bridgehead atoms. The van der Waals surface area contributed by atoms with Gasteiger partial charge in [0.2, 0.25) is 0 Å². The molecule has 3 nitrogen and oxygen atoms in total. The van der Waals surface area contributed by atoms with Gasteiger partial charge in [-0.15, -0.1) is 0 Å². The Morgan fingerprint density at radius 3 is 2.88 bits per heavy atom. The summed E-state index contributed by atoms with van der Waals surface area (Å²) < 4.78 is 19.1. The van der Waals surface area contributed by atoms with Crippen molar-refractivity contribution in [2.24, 2.45) is 0 Å². The maximum absolute atomic E-state index is 14.1. The Labute approximate surface area is 92.9 Å². The van der Waals surface area contributed by atoms with Crippen LogP contribution < -0.4 is 0 Å². The fraction of sp³-hybridized carbons (Fsp3) is 0.417. The van der Waals surface area contributed by atoms with Crippen LogP contribution in [0.5, 0.6) is 0 Å². The maximum atomic E-state index is 14.1. The molecule has 4 heteroatoms. The van der Waals surface area contributed by atoms with Crippen LogP contribution >= 0.6 is 0 Å². The highest BCUT2D eigenvalue weighted by atomic mass is 19.1. The van der Waals surface area contributed by atoms with Gasteiger partial charge < -0.3 is 9.84 Å². The molecule has 1 N–H and O–H groups in total. The second-order valence-electron chi connectivity index (χ2n) is 4.09. The van der Waals surface area contributed by atoms with Crippen molar-refractivity contribution in [2.75, 3.05) is 13.2 Å². The van der Waals surface area contributed by atoms with Gasteiger partial charge in [-0.25, -0.2) is 9.18 Å². The standard InChI is InChI=1S/C12H13FO3/c13-12(5-6-16-8-12)7-9-3-1-2-4-10(9)11(14)15/h1-4H,5-8H2,(H,14,15). The van der Waals surface area contributed by atoms with E-state index >= 15 is 0 Å². The van der Waals surface area contributed by atoms with E-state index in [2.05, 4.69) is 0 Å². The molecule has 1 saturated heterocycles. The lowest BCUT2D eigenvalue weighted by Gasteiger charge is -2.18. The Kier molecular flexibility index (Phi) is 2.92. The average Bonchev–Trinajstić information content (AvgIpc) is 2.65. The van der Waals surface area contributed by atoms with Crippen LogP contribution in [0.1, 0.15) is 22.3 Å². The monoisotopic (exact) mass is 224 g/mol. The molecule has 1 aromatic rings. The third-order valence-electron chi connectivity index (χ3n) is 2.81. The molecule has 1 aliphatic heterocycles. The van der Waals surface area contributed by atoms with Crippen LogP contribution in [0.4, 0.5) is 4.39 Å². The van der Waals surface area contributed by atoms with Crippen molar-refractivity contribution < 1.29 is 19.0 Å². The number of benzene rings is 1. The second kappa shape index (κ2) is 4.22. The molecule has 0 saturated carbocycles. The third kappa shape index (κ3) is 2.22. The molecule has 86 valence electrons. The van der Waals surface area contributed by atoms with Gasteiger partial charge in [-0.2, -0.15) is 0 Å². The van der Waals surface area contributed by atoms with Gasteiger partial charge in [0.05, 0.1) is 12.2 Å². The van der Waals surface area contributed by atoms with Gasteiger partial charge >= 0.3 is 5.97 Å². The number of hydrogen-bond acceptors (Lipinski definition) is 2. The highest BCUT2D eigenvalue weighted by Gasteiger charge is 2.35. The van der Waals surface area contributed by atoms with Crippen molar-refractivity contribution in [1.82, 2.24) is 0 Å². The molecular weight excluding hydrogens is 211 g/mol. The molecular formula is C12H13FO3. The van der Waals surface area contributed by atoms with Crippen molar-refractivity contribution in [3.63, 3.8) is 0 Å². The fourth-order valence-electron chi connectivity index (χ4n) is 1.95. The van der Waals surface area contributed by atoms with E-state index in [0.29, 0.717) is 18.6 Å². The summed E-state index contributed by atoms with van der Waals surface area (Å²) in [4.78, 5) is 10.9. The van der Waals surface area contributed by atoms with E-state index in [1.807, 2.05) is 0 Å². The highest BCUT2D eigenvalue weighted by Crippen LogP contribution is 2.28. The molecule has 1 unspecified atom stereocenters. The van der Waals surface area contributed by atoms with Crippen LogP contribution in [0.15, 0.2) is 24.3 Å². The summed E-state index contributed by atoms with van der Waals surface area (Å²) in [6, 6.07) is 6.52. The topological polar surface area (TPSA) is 46.5 Å². The zero-order valence-corrected chi connectivity index (χ0v) is 8.78. The normalized spacial score (nSPS) is 24.6. The van der Waals surface area contributed by atoms with Crippen molar-refractivity contribution in [1.29, 1.82) is 0 Å². The van der Waals surface area contributed by atoms with E-state index in [1.165, 1.54) is 6.07 Å². The first-order valence-corrected chi connectivity index (χ1v) is 5.19. The quantitative estimate of drug-likeness (QED) is 0.854. The van der Waals surface area contributed by atoms with Crippen LogP contribution in [-0.2, 0) is 11.2 Å². The van der Waals surface area contributed by atoms with Crippen molar-refractivity contribution in [3.8, 4) is 0 Å². The Morgan fingerprint density at radius 2 is 2.25 bits per heavy atom. The Morgan fingerprint density at radius 1 is 1.50 bits per heavy atom. The van der Waals surface area contributed by atoms with E-state index in [1.54, 1.807) is 18.2 Å². The highest BCUT2D eigenvalue weighted by molar-refractivity contribution is 5.89. The number of aromatic carboxylic acids is 1. The van der Waals surface area contributed by atoms with Gasteiger partial charge in [0, 0.05) is 19.4 Å². The predicted molar refractivity (Wildman–Crippen MR) is 56.4 cm³/mol. The summed E-state index contributed by atoms with van der Waals surface area (Å²) in [5, 5.41) is 8.97. The summed E-state index contributed by atoms with van der Waals surface area (Å²) in [7, 11) is 0. The largest absolute Gasteiger partial charge is 0.478 e. The predicted octanol–water partition coefficient (Wildman–Crippen LogP) is 2.06. The number of ether oxygens (including phenoxy) is 1. The summed E-state index contributed by atoms with van der Waals surface area (Å²) in [6.07, 6.45) is 0.441. The zero-order chi connectivity index (χ0) is 11.6.